The summed E-state index contributed by atoms with van der Waals surface area (Å²) in [6.07, 6.45) is 2.89. The van der Waals surface area contributed by atoms with E-state index in [0.717, 1.165) is 29.7 Å². The van der Waals surface area contributed by atoms with Crippen molar-refractivity contribution in [1.29, 1.82) is 0 Å². The summed E-state index contributed by atoms with van der Waals surface area (Å²) in [6.45, 7) is -0.586. The number of rotatable bonds is 8. The molecule has 0 spiro atoms. The van der Waals surface area contributed by atoms with Crippen molar-refractivity contribution in [3.8, 4) is 0 Å². The molecule has 0 unspecified atom stereocenters. The number of methoxy groups -OCH3 is 1. The van der Waals surface area contributed by atoms with E-state index in [-0.39, 0.29) is 41.9 Å². The number of fused-ring (bicyclic) bond motifs is 5. The van der Waals surface area contributed by atoms with Gasteiger partial charge in [-0.25, -0.2) is 9.59 Å². The van der Waals surface area contributed by atoms with Crippen LogP contribution in [0.1, 0.15) is 35.2 Å². The summed E-state index contributed by atoms with van der Waals surface area (Å²) in [5.74, 6) is -2.80. The molecule has 37 heavy (non-hydrogen) atoms. The van der Waals surface area contributed by atoms with Crippen molar-refractivity contribution in [2.75, 3.05) is 19.0 Å². The van der Waals surface area contributed by atoms with Crippen LogP contribution in [-0.2, 0) is 35.1 Å². The first-order chi connectivity index (χ1) is 17.9. The molecule has 3 fully saturated rings. The number of esters is 2. The van der Waals surface area contributed by atoms with Crippen LogP contribution in [0.2, 0.25) is 0 Å². The number of benzene rings is 2. The number of carbonyl (C=O) groups excluding carboxylic acids is 5. The van der Waals surface area contributed by atoms with Gasteiger partial charge in [-0.1, -0.05) is 30.3 Å². The highest BCUT2D eigenvalue weighted by molar-refractivity contribution is 6.08. The number of ether oxygens (including phenoxy) is 2. The summed E-state index contributed by atoms with van der Waals surface area (Å²) in [5.41, 5.74) is 1.51. The lowest BCUT2D eigenvalue weighted by Gasteiger charge is -2.26. The Morgan fingerprint density at radius 1 is 0.946 bits per heavy atom. The van der Waals surface area contributed by atoms with Crippen molar-refractivity contribution in [1.82, 2.24) is 4.90 Å². The quantitative estimate of drug-likeness (QED) is 0.434. The number of anilines is 1. The molecule has 9 nitrogen and oxygen atoms in total. The zero-order valence-electron chi connectivity index (χ0n) is 20.4. The minimum atomic E-state index is -1.14. The molecular formula is C28H28N2O7. The van der Waals surface area contributed by atoms with Gasteiger partial charge in [0.15, 0.2) is 6.61 Å². The standard InChI is InChI=1S/C28H28N2O7/c1-36-27(34)17-9-11-20(12-10-17)29-22(31)15-37-28(35)21(13-16-5-3-2-4-6-16)30-25(32)23-18-7-8-19(14-18)24(23)26(30)33/h2-6,9-12,18-19,21,23-24H,7-8,13-15H2,1H3,(H,29,31)/t18-,19-,21+,23-,24+/m0/s1. The van der Waals surface area contributed by atoms with Gasteiger partial charge >= 0.3 is 11.9 Å². The molecule has 0 aromatic heterocycles. The number of nitrogens with one attached hydrogen (secondary N) is 1. The molecule has 3 amide bonds. The minimum absolute atomic E-state index is 0.114. The van der Waals surface area contributed by atoms with Crippen molar-refractivity contribution >= 4 is 35.3 Å². The molecule has 9 heteroatoms. The van der Waals surface area contributed by atoms with Crippen LogP contribution in [0.4, 0.5) is 5.69 Å². The summed E-state index contributed by atoms with van der Waals surface area (Å²) in [7, 11) is 1.28. The molecule has 1 aliphatic heterocycles. The van der Waals surface area contributed by atoms with Gasteiger partial charge in [0.1, 0.15) is 6.04 Å². The van der Waals surface area contributed by atoms with Crippen LogP contribution >= 0.6 is 0 Å². The zero-order valence-corrected chi connectivity index (χ0v) is 20.4. The predicted octanol–water partition coefficient (Wildman–Crippen LogP) is 2.60. The maximum absolute atomic E-state index is 13.4. The Hall–Kier alpha value is -4.01. The monoisotopic (exact) mass is 504 g/mol. The molecule has 0 radical (unpaired) electrons. The van der Waals surface area contributed by atoms with Crippen molar-refractivity contribution in [2.24, 2.45) is 23.7 Å². The lowest BCUT2D eigenvalue weighted by atomic mass is 9.81. The van der Waals surface area contributed by atoms with Crippen LogP contribution < -0.4 is 5.32 Å². The van der Waals surface area contributed by atoms with E-state index >= 15 is 0 Å². The second-order valence-corrected chi connectivity index (χ2v) is 9.86. The second-order valence-electron chi connectivity index (χ2n) is 9.86. The minimum Gasteiger partial charge on any atom is -0.465 e. The van der Waals surface area contributed by atoms with Crippen LogP contribution in [-0.4, -0.2) is 54.3 Å². The third kappa shape index (κ3) is 4.73. The van der Waals surface area contributed by atoms with E-state index in [1.54, 1.807) is 0 Å². The third-order valence-electron chi connectivity index (χ3n) is 7.75. The number of likely N-dealkylation sites (tertiary alicyclic amines) is 1. The van der Waals surface area contributed by atoms with Gasteiger partial charge < -0.3 is 14.8 Å². The lowest BCUT2D eigenvalue weighted by molar-refractivity contribution is -0.160. The molecule has 1 N–H and O–H groups in total. The summed E-state index contributed by atoms with van der Waals surface area (Å²) in [5, 5.41) is 2.59. The highest BCUT2D eigenvalue weighted by Gasteiger charge is 2.62. The van der Waals surface area contributed by atoms with Crippen molar-refractivity contribution in [2.45, 2.75) is 31.7 Å². The summed E-state index contributed by atoms with van der Waals surface area (Å²) < 4.78 is 9.97. The summed E-state index contributed by atoms with van der Waals surface area (Å²) in [6, 6.07) is 14.0. The Morgan fingerprint density at radius 3 is 2.16 bits per heavy atom. The number of imide groups is 1. The van der Waals surface area contributed by atoms with Gasteiger partial charge in [-0.2, -0.15) is 0 Å². The topological polar surface area (TPSA) is 119 Å². The molecule has 2 aromatic carbocycles. The third-order valence-corrected chi connectivity index (χ3v) is 7.75. The van der Waals surface area contributed by atoms with E-state index in [1.807, 2.05) is 30.3 Å². The molecule has 2 aliphatic carbocycles. The average molecular weight is 505 g/mol. The molecule has 2 bridgehead atoms. The molecular weight excluding hydrogens is 476 g/mol. The maximum atomic E-state index is 13.4. The Bertz CT molecular complexity index is 1200. The fourth-order valence-electron chi connectivity index (χ4n) is 6.09. The Balaban J connectivity index is 1.27. The molecule has 5 atom stereocenters. The van der Waals surface area contributed by atoms with Gasteiger partial charge in [-0.3, -0.25) is 19.3 Å². The van der Waals surface area contributed by atoms with Crippen LogP contribution in [0, 0.1) is 23.7 Å². The van der Waals surface area contributed by atoms with Crippen LogP contribution in [0.25, 0.3) is 0 Å². The second kappa shape index (κ2) is 10.2. The van der Waals surface area contributed by atoms with Crippen molar-refractivity contribution < 1.29 is 33.4 Å². The number of hydrogen-bond acceptors (Lipinski definition) is 7. The van der Waals surface area contributed by atoms with E-state index < -0.39 is 30.5 Å². The summed E-state index contributed by atoms with van der Waals surface area (Å²) in [4.78, 5) is 65.1. The van der Waals surface area contributed by atoms with Gasteiger partial charge in [-0.05, 0) is 60.9 Å². The lowest BCUT2D eigenvalue weighted by Crippen LogP contribution is -2.48. The molecule has 2 saturated carbocycles. The van der Waals surface area contributed by atoms with Crippen molar-refractivity contribution in [3.63, 3.8) is 0 Å². The smallest absolute Gasteiger partial charge is 0.337 e. The van der Waals surface area contributed by atoms with Crippen LogP contribution in [0.5, 0.6) is 0 Å². The van der Waals surface area contributed by atoms with Crippen LogP contribution in [0.15, 0.2) is 54.6 Å². The van der Waals surface area contributed by atoms with E-state index in [9.17, 15) is 24.0 Å². The summed E-state index contributed by atoms with van der Waals surface area (Å²) >= 11 is 0. The van der Waals surface area contributed by atoms with Gasteiger partial charge in [0, 0.05) is 12.1 Å². The normalized spacial score (nSPS) is 24.5. The Labute approximate surface area is 214 Å². The average Bonchev–Trinajstić information content (AvgIpc) is 3.60. The van der Waals surface area contributed by atoms with E-state index in [2.05, 4.69) is 10.1 Å². The number of nitrogens with zero attached hydrogens (tertiary/aromatic N) is 1. The zero-order chi connectivity index (χ0) is 26.1. The van der Waals surface area contributed by atoms with Gasteiger partial charge in [-0.15, -0.1) is 0 Å². The largest absolute Gasteiger partial charge is 0.465 e. The van der Waals surface area contributed by atoms with Gasteiger partial charge in [0.2, 0.25) is 11.8 Å². The number of amides is 3. The molecule has 192 valence electrons. The van der Waals surface area contributed by atoms with E-state index in [1.165, 1.54) is 31.4 Å². The van der Waals surface area contributed by atoms with E-state index in [0.29, 0.717) is 11.3 Å². The first-order valence-corrected chi connectivity index (χ1v) is 12.4. The van der Waals surface area contributed by atoms with Crippen LogP contribution in [0.3, 0.4) is 0 Å². The van der Waals surface area contributed by atoms with Gasteiger partial charge in [0.05, 0.1) is 24.5 Å². The SMILES string of the molecule is COC(=O)c1ccc(NC(=O)COC(=O)[C@@H](Cc2ccccc2)N2C(=O)[C@@H]3[C@H]4CC[C@@H](C4)[C@@H]3C2=O)cc1. The maximum Gasteiger partial charge on any atom is 0.337 e. The fourth-order valence-corrected chi connectivity index (χ4v) is 6.09. The molecule has 1 heterocycles. The highest BCUT2D eigenvalue weighted by atomic mass is 16.5. The van der Waals surface area contributed by atoms with Crippen molar-refractivity contribution in [3.05, 3.63) is 65.7 Å². The van der Waals surface area contributed by atoms with Gasteiger partial charge in [0.25, 0.3) is 5.91 Å². The van der Waals surface area contributed by atoms with E-state index in [4.69, 9.17) is 4.74 Å². The first kappa shape index (κ1) is 24.7. The first-order valence-electron chi connectivity index (χ1n) is 12.4. The molecule has 5 rings (SSSR count). The highest BCUT2D eigenvalue weighted by Crippen LogP contribution is 2.56. The predicted molar refractivity (Wildman–Crippen MR) is 131 cm³/mol. The fraction of sp³-hybridized carbons (Fsp3) is 0.393. The molecule has 3 aliphatic rings. The number of hydrogen-bond donors (Lipinski definition) is 1. The Kier molecular flexibility index (Phi) is 6.78. The molecule has 2 aromatic rings. The number of carbonyl (C=O) groups is 5. The molecule has 1 saturated heterocycles. The Morgan fingerprint density at radius 2 is 1.57 bits per heavy atom.